The molecular weight excluding hydrogens is 234 g/mol. The van der Waals surface area contributed by atoms with Crippen LogP contribution in [0.3, 0.4) is 0 Å². The van der Waals surface area contributed by atoms with Crippen molar-refractivity contribution in [3.8, 4) is 0 Å². The van der Waals surface area contributed by atoms with E-state index >= 15 is 0 Å². The average molecular weight is 251 g/mol. The summed E-state index contributed by atoms with van der Waals surface area (Å²) in [6, 6.07) is 0. The standard InChI is InChI=1S/C12H17N3OS/c1-8-5-17-10-9(8)13-7-14-11(10)15(4)6-12(2,3)16/h5,7,16H,6H2,1-4H3. The number of aryl methyl sites for hydroxylation is 1. The minimum Gasteiger partial charge on any atom is -0.389 e. The summed E-state index contributed by atoms with van der Waals surface area (Å²) < 4.78 is 1.08. The van der Waals surface area contributed by atoms with Crippen LogP contribution in [0.1, 0.15) is 19.4 Å². The van der Waals surface area contributed by atoms with Crippen LogP contribution in [0.15, 0.2) is 11.7 Å². The molecule has 0 spiro atoms. The van der Waals surface area contributed by atoms with Gasteiger partial charge in [0.05, 0.1) is 15.8 Å². The molecule has 0 radical (unpaired) electrons. The lowest BCUT2D eigenvalue weighted by atomic mass is 10.1. The van der Waals surface area contributed by atoms with Gasteiger partial charge in [0, 0.05) is 13.6 Å². The van der Waals surface area contributed by atoms with Gasteiger partial charge in [-0.2, -0.15) is 0 Å². The second-order valence-electron chi connectivity index (χ2n) is 4.96. The molecule has 0 aromatic carbocycles. The van der Waals surface area contributed by atoms with Gasteiger partial charge < -0.3 is 10.0 Å². The lowest BCUT2D eigenvalue weighted by molar-refractivity contribution is 0.0885. The first-order valence-electron chi connectivity index (χ1n) is 5.51. The van der Waals surface area contributed by atoms with Gasteiger partial charge in [-0.1, -0.05) is 0 Å². The van der Waals surface area contributed by atoms with Crippen molar-refractivity contribution in [3.63, 3.8) is 0 Å². The highest BCUT2D eigenvalue weighted by Gasteiger charge is 2.19. The van der Waals surface area contributed by atoms with Gasteiger partial charge in [-0.05, 0) is 31.7 Å². The highest BCUT2D eigenvalue weighted by Crippen LogP contribution is 2.30. The van der Waals surface area contributed by atoms with E-state index in [4.69, 9.17) is 0 Å². The van der Waals surface area contributed by atoms with E-state index in [9.17, 15) is 5.11 Å². The fraction of sp³-hybridized carbons (Fsp3) is 0.500. The number of likely N-dealkylation sites (N-methyl/N-ethyl adjacent to an activating group) is 1. The van der Waals surface area contributed by atoms with Gasteiger partial charge in [0.15, 0.2) is 0 Å². The maximum Gasteiger partial charge on any atom is 0.149 e. The molecule has 0 unspecified atom stereocenters. The first-order valence-corrected chi connectivity index (χ1v) is 6.39. The van der Waals surface area contributed by atoms with E-state index in [1.54, 1.807) is 31.5 Å². The number of thiophene rings is 1. The molecule has 0 saturated heterocycles. The Morgan fingerprint density at radius 3 is 2.76 bits per heavy atom. The third-order valence-electron chi connectivity index (χ3n) is 2.50. The van der Waals surface area contributed by atoms with Crippen molar-refractivity contribution in [2.45, 2.75) is 26.4 Å². The van der Waals surface area contributed by atoms with E-state index in [1.165, 1.54) is 5.56 Å². The number of anilines is 1. The Labute approximate surface area is 105 Å². The predicted molar refractivity (Wildman–Crippen MR) is 71.7 cm³/mol. The predicted octanol–water partition coefficient (Wildman–Crippen LogP) is 2.21. The highest BCUT2D eigenvalue weighted by molar-refractivity contribution is 7.18. The van der Waals surface area contributed by atoms with Crippen molar-refractivity contribution in [1.82, 2.24) is 9.97 Å². The van der Waals surface area contributed by atoms with Crippen LogP contribution in [0.4, 0.5) is 5.82 Å². The molecule has 17 heavy (non-hydrogen) atoms. The Hall–Kier alpha value is -1.20. The third-order valence-corrected chi connectivity index (χ3v) is 3.58. The van der Waals surface area contributed by atoms with E-state index in [0.717, 1.165) is 16.0 Å². The summed E-state index contributed by atoms with van der Waals surface area (Å²) in [4.78, 5) is 10.6. The first-order chi connectivity index (χ1) is 7.88. The number of nitrogens with zero attached hydrogens (tertiary/aromatic N) is 3. The van der Waals surface area contributed by atoms with Crippen molar-refractivity contribution >= 4 is 27.4 Å². The number of rotatable bonds is 3. The Balaban J connectivity index is 2.41. The molecule has 0 fully saturated rings. The van der Waals surface area contributed by atoms with Crippen LogP contribution in [0.5, 0.6) is 0 Å². The normalized spacial score (nSPS) is 12.1. The van der Waals surface area contributed by atoms with Crippen LogP contribution in [0, 0.1) is 6.92 Å². The molecule has 0 saturated carbocycles. The minimum absolute atomic E-state index is 0.538. The SMILES string of the molecule is Cc1csc2c(N(C)CC(C)(C)O)ncnc12. The molecule has 5 heteroatoms. The smallest absolute Gasteiger partial charge is 0.149 e. The number of aromatic nitrogens is 2. The number of hydrogen-bond acceptors (Lipinski definition) is 5. The molecule has 0 atom stereocenters. The van der Waals surface area contributed by atoms with Gasteiger partial charge >= 0.3 is 0 Å². The Kier molecular flexibility index (Phi) is 3.05. The summed E-state index contributed by atoms with van der Waals surface area (Å²) in [6.45, 7) is 6.17. The molecule has 2 aromatic rings. The molecule has 0 aliphatic carbocycles. The molecule has 2 aromatic heterocycles. The zero-order chi connectivity index (χ0) is 12.6. The second-order valence-corrected chi connectivity index (χ2v) is 5.84. The van der Waals surface area contributed by atoms with E-state index in [-0.39, 0.29) is 0 Å². The third kappa shape index (κ3) is 2.56. The van der Waals surface area contributed by atoms with Crippen LogP contribution in [-0.4, -0.2) is 34.3 Å². The van der Waals surface area contributed by atoms with Crippen LogP contribution < -0.4 is 4.90 Å². The molecule has 0 aliphatic heterocycles. The van der Waals surface area contributed by atoms with Gasteiger partial charge in [0.25, 0.3) is 0 Å². The van der Waals surface area contributed by atoms with E-state index in [0.29, 0.717) is 6.54 Å². The molecule has 0 bridgehead atoms. The largest absolute Gasteiger partial charge is 0.389 e. The van der Waals surface area contributed by atoms with Gasteiger partial charge in [0.2, 0.25) is 0 Å². The zero-order valence-corrected chi connectivity index (χ0v) is 11.4. The van der Waals surface area contributed by atoms with Gasteiger partial charge in [-0.15, -0.1) is 11.3 Å². The Morgan fingerprint density at radius 1 is 1.41 bits per heavy atom. The van der Waals surface area contributed by atoms with Crippen molar-refractivity contribution < 1.29 is 5.11 Å². The fourth-order valence-corrected chi connectivity index (χ4v) is 2.93. The number of aliphatic hydroxyl groups is 1. The molecule has 1 N–H and O–H groups in total. The summed E-state index contributed by atoms with van der Waals surface area (Å²) in [6.07, 6.45) is 1.58. The van der Waals surface area contributed by atoms with Crippen LogP contribution in [-0.2, 0) is 0 Å². The topological polar surface area (TPSA) is 49.2 Å². The molecule has 2 rings (SSSR count). The van der Waals surface area contributed by atoms with Gasteiger partial charge in [0.1, 0.15) is 12.1 Å². The van der Waals surface area contributed by atoms with Crippen molar-refractivity contribution in [3.05, 3.63) is 17.3 Å². The van der Waals surface area contributed by atoms with E-state index in [2.05, 4.69) is 15.3 Å². The molecule has 0 aliphatic rings. The number of hydrogen-bond donors (Lipinski definition) is 1. The average Bonchev–Trinajstić information content (AvgIpc) is 2.58. The Bertz CT molecular complexity index is 530. The molecular formula is C12H17N3OS. The summed E-state index contributed by atoms with van der Waals surface area (Å²) in [5.41, 5.74) is 1.44. The van der Waals surface area contributed by atoms with Gasteiger partial charge in [-0.3, -0.25) is 0 Å². The second kappa shape index (κ2) is 4.23. The maximum atomic E-state index is 9.84. The summed E-state index contributed by atoms with van der Waals surface area (Å²) >= 11 is 1.65. The fourth-order valence-electron chi connectivity index (χ4n) is 1.88. The zero-order valence-electron chi connectivity index (χ0n) is 10.6. The van der Waals surface area contributed by atoms with Crippen molar-refractivity contribution in [1.29, 1.82) is 0 Å². The minimum atomic E-state index is -0.738. The molecule has 4 nitrogen and oxygen atoms in total. The Morgan fingerprint density at radius 2 is 2.12 bits per heavy atom. The summed E-state index contributed by atoms with van der Waals surface area (Å²) in [5, 5.41) is 11.9. The first kappa shape index (κ1) is 12.3. The van der Waals surface area contributed by atoms with Gasteiger partial charge in [-0.25, -0.2) is 9.97 Å². The van der Waals surface area contributed by atoms with Crippen LogP contribution >= 0.6 is 11.3 Å². The maximum absolute atomic E-state index is 9.84. The molecule has 0 amide bonds. The molecule has 2 heterocycles. The van der Waals surface area contributed by atoms with E-state index < -0.39 is 5.60 Å². The quantitative estimate of drug-likeness (QED) is 0.908. The van der Waals surface area contributed by atoms with Crippen molar-refractivity contribution in [2.75, 3.05) is 18.5 Å². The highest BCUT2D eigenvalue weighted by atomic mass is 32.1. The van der Waals surface area contributed by atoms with Crippen LogP contribution in [0.2, 0.25) is 0 Å². The van der Waals surface area contributed by atoms with E-state index in [1.807, 2.05) is 18.9 Å². The summed E-state index contributed by atoms with van der Waals surface area (Å²) in [7, 11) is 1.94. The van der Waals surface area contributed by atoms with Crippen molar-refractivity contribution in [2.24, 2.45) is 0 Å². The molecule has 92 valence electrons. The van der Waals surface area contributed by atoms with Crippen LogP contribution in [0.25, 0.3) is 10.2 Å². The number of fused-ring (bicyclic) bond motifs is 1. The lowest BCUT2D eigenvalue weighted by Gasteiger charge is -2.26. The monoisotopic (exact) mass is 251 g/mol. The summed E-state index contributed by atoms with van der Waals surface area (Å²) in [5.74, 6) is 0.884. The lowest BCUT2D eigenvalue weighted by Crippen LogP contribution is -2.36.